The van der Waals surface area contributed by atoms with Crippen molar-refractivity contribution in [1.82, 2.24) is 14.9 Å². The molecular formula is C13H15N3O. The van der Waals surface area contributed by atoms with Crippen molar-refractivity contribution in [2.24, 2.45) is 7.05 Å². The van der Waals surface area contributed by atoms with Gasteiger partial charge in [-0.25, -0.2) is 0 Å². The van der Waals surface area contributed by atoms with Gasteiger partial charge in [0.1, 0.15) is 5.69 Å². The summed E-state index contributed by atoms with van der Waals surface area (Å²) < 4.78 is 1.95. The topological polar surface area (TPSA) is 46.9 Å². The van der Waals surface area contributed by atoms with Crippen molar-refractivity contribution in [3.8, 4) is 0 Å². The van der Waals surface area contributed by atoms with E-state index >= 15 is 0 Å². The average Bonchev–Trinajstić information content (AvgIpc) is 2.73. The lowest BCUT2D eigenvalue weighted by Gasteiger charge is -2.05. The van der Waals surface area contributed by atoms with E-state index in [0.29, 0.717) is 12.2 Å². The molecule has 2 aromatic heterocycles. The van der Waals surface area contributed by atoms with Crippen molar-refractivity contribution in [1.29, 1.82) is 0 Å². The first-order valence-electron chi connectivity index (χ1n) is 5.47. The monoisotopic (exact) mass is 229 g/mol. The number of nitrogens with zero attached hydrogens (tertiary/aromatic N) is 2. The first kappa shape index (κ1) is 11.4. The van der Waals surface area contributed by atoms with E-state index in [2.05, 4.69) is 10.3 Å². The Morgan fingerprint density at radius 2 is 2.29 bits per heavy atom. The predicted octanol–water partition coefficient (Wildman–Crippen LogP) is 1.66. The number of rotatable bonds is 3. The van der Waals surface area contributed by atoms with Crippen molar-refractivity contribution in [3.05, 3.63) is 53.6 Å². The molecule has 4 nitrogen and oxygen atoms in total. The molecule has 0 atom stereocenters. The minimum atomic E-state index is -0.132. The summed E-state index contributed by atoms with van der Waals surface area (Å²) in [5.41, 5.74) is 2.45. The second-order valence-electron chi connectivity index (χ2n) is 4.04. The Morgan fingerprint density at radius 1 is 1.47 bits per heavy atom. The first-order chi connectivity index (χ1) is 8.16. The van der Waals surface area contributed by atoms with E-state index in [4.69, 9.17) is 0 Å². The van der Waals surface area contributed by atoms with Gasteiger partial charge in [0, 0.05) is 32.2 Å². The van der Waals surface area contributed by atoms with Gasteiger partial charge in [-0.15, -0.1) is 0 Å². The number of nitrogens with one attached hydrogen (secondary N) is 1. The zero-order valence-corrected chi connectivity index (χ0v) is 9.97. The number of carbonyl (C=O) groups excluding carboxylic acids is 1. The second-order valence-corrected chi connectivity index (χ2v) is 4.04. The standard InChI is InChI=1S/C13H15N3O/c1-10-4-3-6-14-12(10)13(17)15-8-11-5-7-16(2)9-11/h3-7,9H,8H2,1-2H3,(H,15,17). The third-order valence-electron chi connectivity index (χ3n) is 2.57. The highest BCUT2D eigenvalue weighted by molar-refractivity contribution is 5.93. The summed E-state index contributed by atoms with van der Waals surface area (Å²) >= 11 is 0. The summed E-state index contributed by atoms with van der Waals surface area (Å²) in [5.74, 6) is -0.132. The molecule has 2 heterocycles. The zero-order chi connectivity index (χ0) is 12.3. The molecule has 0 spiro atoms. The van der Waals surface area contributed by atoms with Crippen LogP contribution in [0.1, 0.15) is 21.6 Å². The molecule has 0 aliphatic rings. The van der Waals surface area contributed by atoms with Gasteiger partial charge in [0.2, 0.25) is 0 Å². The second kappa shape index (κ2) is 4.82. The third kappa shape index (κ3) is 2.72. The van der Waals surface area contributed by atoms with E-state index in [-0.39, 0.29) is 5.91 Å². The van der Waals surface area contributed by atoms with Gasteiger partial charge >= 0.3 is 0 Å². The van der Waals surface area contributed by atoms with Gasteiger partial charge in [-0.1, -0.05) is 6.07 Å². The lowest BCUT2D eigenvalue weighted by atomic mass is 10.2. The fourth-order valence-corrected chi connectivity index (χ4v) is 1.65. The van der Waals surface area contributed by atoms with Gasteiger partial charge < -0.3 is 9.88 Å². The van der Waals surface area contributed by atoms with E-state index in [1.807, 2.05) is 49.1 Å². The summed E-state index contributed by atoms with van der Waals surface area (Å²) in [6, 6.07) is 5.68. The maximum absolute atomic E-state index is 11.9. The Kier molecular flexibility index (Phi) is 3.23. The lowest BCUT2D eigenvalue weighted by molar-refractivity contribution is 0.0945. The maximum atomic E-state index is 11.9. The Labute approximate surface area is 100 Å². The minimum Gasteiger partial charge on any atom is -0.357 e. The maximum Gasteiger partial charge on any atom is 0.270 e. The fourth-order valence-electron chi connectivity index (χ4n) is 1.65. The Bertz CT molecular complexity index is 531. The molecule has 1 N–H and O–H groups in total. The van der Waals surface area contributed by atoms with E-state index in [0.717, 1.165) is 11.1 Å². The number of aromatic nitrogens is 2. The van der Waals surface area contributed by atoms with Crippen LogP contribution in [0.5, 0.6) is 0 Å². The molecule has 0 unspecified atom stereocenters. The van der Waals surface area contributed by atoms with Crippen molar-refractivity contribution in [3.63, 3.8) is 0 Å². The molecule has 0 aromatic carbocycles. The normalized spacial score (nSPS) is 10.2. The molecule has 0 saturated heterocycles. The van der Waals surface area contributed by atoms with E-state index < -0.39 is 0 Å². The Balaban J connectivity index is 2.01. The van der Waals surface area contributed by atoms with E-state index in [9.17, 15) is 4.79 Å². The van der Waals surface area contributed by atoms with Crippen LogP contribution in [0.15, 0.2) is 36.8 Å². The van der Waals surface area contributed by atoms with Crippen molar-refractivity contribution < 1.29 is 4.79 Å². The predicted molar refractivity (Wildman–Crippen MR) is 65.6 cm³/mol. The molecule has 0 fully saturated rings. The fraction of sp³-hybridized carbons (Fsp3) is 0.231. The highest BCUT2D eigenvalue weighted by atomic mass is 16.1. The van der Waals surface area contributed by atoms with Crippen LogP contribution >= 0.6 is 0 Å². The SMILES string of the molecule is Cc1cccnc1C(=O)NCc1ccn(C)c1. The Hall–Kier alpha value is -2.10. The molecule has 2 rings (SSSR count). The molecule has 17 heavy (non-hydrogen) atoms. The highest BCUT2D eigenvalue weighted by Gasteiger charge is 2.09. The van der Waals surface area contributed by atoms with E-state index in [1.165, 1.54) is 0 Å². The van der Waals surface area contributed by atoms with Gasteiger partial charge in [0.05, 0.1) is 0 Å². The molecule has 2 aromatic rings. The number of carbonyl (C=O) groups is 1. The van der Waals surface area contributed by atoms with Crippen LogP contribution in [0.3, 0.4) is 0 Å². The van der Waals surface area contributed by atoms with Gasteiger partial charge in [0.15, 0.2) is 0 Å². The molecule has 0 radical (unpaired) electrons. The summed E-state index contributed by atoms with van der Waals surface area (Å²) in [5, 5.41) is 2.85. The summed E-state index contributed by atoms with van der Waals surface area (Å²) in [4.78, 5) is 15.9. The number of pyridine rings is 1. The molecule has 0 saturated carbocycles. The van der Waals surface area contributed by atoms with Crippen molar-refractivity contribution in [2.75, 3.05) is 0 Å². The molecule has 0 aliphatic heterocycles. The van der Waals surface area contributed by atoms with Gasteiger partial charge in [0.25, 0.3) is 5.91 Å². The zero-order valence-electron chi connectivity index (χ0n) is 9.97. The van der Waals surface area contributed by atoms with Crippen LogP contribution in [0, 0.1) is 6.92 Å². The average molecular weight is 229 g/mol. The van der Waals surface area contributed by atoms with Gasteiger partial charge in [-0.2, -0.15) is 0 Å². The highest BCUT2D eigenvalue weighted by Crippen LogP contribution is 2.04. The van der Waals surface area contributed by atoms with Crippen LogP contribution in [-0.2, 0) is 13.6 Å². The minimum absolute atomic E-state index is 0.132. The molecule has 4 heteroatoms. The summed E-state index contributed by atoms with van der Waals surface area (Å²) in [6.45, 7) is 2.40. The van der Waals surface area contributed by atoms with Gasteiger partial charge in [-0.05, 0) is 30.2 Å². The van der Waals surface area contributed by atoms with Crippen LogP contribution in [0.4, 0.5) is 0 Å². The third-order valence-corrected chi connectivity index (χ3v) is 2.57. The van der Waals surface area contributed by atoms with E-state index in [1.54, 1.807) is 6.20 Å². The molecule has 88 valence electrons. The smallest absolute Gasteiger partial charge is 0.270 e. The molecule has 1 amide bonds. The van der Waals surface area contributed by atoms with Crippen LogP contribution < -0.4 is 5.32 Å². The number of aryl methyl sites for hydroxylation is 2. The van der Waals surface area contributed by atoms with Crippen LogP contribution in [-0.4, -0.2) is 15.5 Å². The van der Waals surface area contributed by atoms with Crippen LogP contribution in [0.25, 0.3) is 0 Å². The largest absolute Gasteiger partial charge is 0.357 e. The Morgan fingerprint density at radius 3 is 2.94 bits per heavy atom. The number of hydrogen-bond donors (Lipinski definition) is 1. The lowest BCUT2D eigenvalue weighted by Crippen LogP contribution is -2.24. The number of hydrogen-bond acceptors (Lipinski definition) is 2. The first-order valence-corrected chi connectivity index (χ1v) is 5.47. The quantitative estimate of drug-likeness (QED) is 0.870. The summed E-state index contributed by atoms with van der Waals surface area (Å²) in [7, 11) is 1.95. The molecular weight excluding hydrogens is 214 g/mol. The van der Waals surface area contributed by atoms with Crippen molar-refractivity contribution >= 4 is 5.91 Å². The van der Waals surface area contributed by atoms with Gasteiger partial charge in [-0.3, -0.25) is 9.78 Å². The molecule has 0 aliphatic carbocycles. The van der Waals surface area contributed by atoms with Crippen LogP contribution in [0.2, 0.25) is 0 Å². The molecule has 0 bridgehead atoms. The van der Waals surface area contributed by atoms with Crippen molar-refractivity contribution in [2.45, 2.75) is 13.5 Å². The number of amides is 1. The summed E-state index contributed by atoms with van der Waals surface area (Å²) in [6.07, 6.45) is 5.56.